The van der Waals surface area contributed by atoms with Gasteiger partial charge in [-0.25, -0.2) is 0 Å². The van der Waals surface area contributed by atoms with E-state index in [-0.39, 0.29) is 35.7 Å². The Morgan fingerprint density at radius 2 is 0.485 bits per heavy atom. The molecule has 8 rings (SSSR count). The molecule has 0 heterocycles. The van der Waals surface area contributed by atoms with E-state index in [0.717, 1.165) is 0 Å². The summed E-state index contributed by atoms with van der Waals surface area (Å²) >= 11 is 3.48. The largest absolute Gasteiger partial charge is 1.00 e. The van der Waals surface area contributed by atoms with E-state index >= 15 is 0 Å². The molecule has 8 aromatic rings. The molecule has 0 spiro atoms. The summed E-state index contributed by atoms with van der Waals surface area (Å²) in [5.74, 6) is 2.44. The first-order chi connectivity index (χ1) is 29.8. The van der Waals surface area contributed by atoms with Crippen molar-refractivity contribution in [3.63, 3.8) is 0 Å². The van der Waals surface area contributed by atoms with E-state index in [0.29, 0.717) is 23.7 Å². The first-order valence-electron chi connectivity index (χ1n) is 23.5. The Morgan fingerprint density at radius 1 is 0.333 bits per heavy atom. The predicted octanol–water partition coefficient (Wildman–Crippen LogP) is 12.8. The fraction of sp³-hybridized carbons (Fsp3) is 0.400. The molecule has 0 aromatic heterocycles. The van der Waals surface area contributed by atoms with Crippen LogP contribution in [0.4, 0.5) is 0 Å². The van der Waals surface area contributed by atoms with E-state index < -0.39 is 0 Å². The zero-order valence-corrected chi connectivity index (χ0v) is 52.7. The van der Waals surface area contributed by atoms with Crippen LogP contribution in [-0.2, 0) is 46.7 Å². The SMILES string of the molecule is C[Si](C)=[Zr+2].C[Si](C)=[Zr+2].Cc1cc2c(C(C)C)ccc(C)c2[cH-]1.Cc1cc2c(C(C)C)ccc(C)c2[cH-]1.Cc1cc2c(C(C)C)ccc(C)c2[cH-]1.Cc1cc2c(C(C)C)ccc(C)c2[cH-]1.[Cl-].[Cl-]. The van der Waals surface area contributed by atoms with Gasteiger partial charge in [0.15, 0.2) is 0 Å². The molecule has 0 amide bonds. The molecule has 0 N–H and O–H groups in total. The van der Waals surface area contributed by atoms with E-state index in [1.54, 1.807) is 46.7 Å². The summed E-state index contributed by atoms with van der Waals surface area (Å²) in [6, 6.07) is 36.4. The Hall–Kier alpha value is -1.90. The molecular weight excluding hydrogens is 1030 g/mol. The number of rotatable bonds is 4. The van der Waals surface area contributed by atoms with Crippen molar-refractivity contribution in [2.24, 2.45) is 0 Å². The molecule has 8 aromatic carbocycles. The van der Waals surface area contributed by atoms with E-state index in [2.05, 4.69) is 234 Å². The summed E-state index contributed by atoms with van der Waals surface area (Å²) in [4.78, 5) is 0. The maximum atomic E-state index is 2.31. The minimum absolute atomic E-state index is 0. The topological polar surface area (TPSA) is 0 Å². The number of halogens is 2. The van der Waals surface area contributed by atoms with Gasteiger partial charge in [0.2, 0.25) is 0 Å². The van der Waals surface area contributed by atoms with Gasteiger partial charge in [-0.15, -0.1) is 136 Å². The zero-order valence-electron chi connectivity index (χ0n) is 44.3. The van der Waals surface area contributed by atoms with Crippen LogP contribution in [0.15, 0.2) is 97.1 Å². The Labute approximate surface area is 445 Å². The monoisotopic (exact) mass is 1110 g/mol. The second-order valence-electron chi connectivity index (χ2n) is 19.9. The van der Waals surface area contributed by atoms with Crippen LogP contribution in [0.25, 0.3) is 43.1 Å². The van der Waals surface area contributed by atoms with Crippen molar-refractivity contribution in [1.82, 2.24) is 0 Å². The third-order valence-corrected chi connectivity index (χ3v) is 11.6. The summed E-state index contributed by atoms with van der Waals surface area (Å²) in [6.45, 7) is 44.7. The first-order valence-corrected chi connectivity index (χ1v) is 35.9. The van der Waals surface area contributed by atoms with Crippen molar-refractivity contribution in [3.05, 3.63) is 164 Å². The number of aryl methyl sites for hydroxylation is 8. The van der Waals surface area contributed by atoms with Crippen molar-refractivity contribution < 1.29 is 71.5 Å². The van der Waals surface area contributed by atoms with Crippen LogP contribution in [-0.4, -0.2) is 10.9 Å². The fourth-order valence-electron chi connectivity index (χ4n) is 8.46. The van der Waals surface area contributed by atoms with Gasteiger partial charge in [0.1, 0.15) is 0 Å². The van der Waals surface area contributed by atoms with Gasteiger partial charge in [-0.1, -0.05) is 157 Å². The summed E-state index contributed by atoms with van der Waals surface area (Å²) < 4.78 is 0. The van der Waals surface area contributed by atoms with Crippen molar-refractivity contribution >= 4 is 54.0 Å². The fourth-order valence-corrected chi connectivity index (χ4v) is 8.46. The molecule has 0 bridgehead atoms. The van der Waals surface area contributed by atoms with Crippen LogP contribution in [0.1, 0.15) is 146 Å². The van der Waals surface area contributed by atoms with Gasteiger partial charge in [0.05, 0.1) is 0 Å². The average molecular weight is 1110 g/mol. The van der Waals surface area contributed by atoms with E-state index in [1.807, 2.05) is 0 Å². The van der Waals surface area contributed by atoms with E-state index in [9.17, 15) is 0 Å². The van der Waals surface area contributed by atoms with Crippen LogP contribution in [0.2, 0.25) is 26.2 Å². The van der Waals surface area contributed by atoms with E-state index in [4.69, 9.17) is 0 Å². The Bertz CT molecular complexity index is 2420. The normalized spacial score (nSPS) is 10.6. The van der Waals surface area contributed by atoms with Crippen LogP contribution >= 0.6 is 0 Å². The van der Waals surface area contributed by atoms with Crippen molar-refractivity contribution in [1.29, 1.82) is 0 Å². The molecular formula is C60H80Cl2Si2Zr2-2. The van der Waals surface area contributed by atoms with Gasteiger partial charge >= 0.3 is 83.7 Å². The minimum Gasteiger partial charge on any atom is -1.00 e. The second-order valence-corrected chi connectivity index (χ2v) is 38.7. The number of hydrogen-bond donors (Lipinski definition) is 0. The van der Waals surface area contributed by atoms with Gasteiger partial charge in [-0.05, 0) is 23.7 Å². The van der Waals surface area contributed by atoms with E-state index in [1.165, 1.54) is 110 Å². The second kappa shape index (κ2) is 28.7. The maximum Gasteiger partial charge on any atom is -0.0308 e. The molecule has 66 heavy (non-hydrogen) atoms. The number of fused-ring (bicyclic) bond motifs is 4. The molecule has 0 radical (unpaired) electrons. The Kier molecular flexibility index (Phi) is 27.0. The standard InChI is InChI=1S/4C14H17.2C2H6Si.2ClH.2Zr/c4*1-9(2)12-6-5-11(4)13-7-10(3)8-14(12)13;2*1-3-2;;;;/h4*5-9H,1-4H3;2*1-2H3;2*1H;;/q4*-1;;;;;2*+2/p-2. The van der Waals surface area contributed by atoms with Crippen LogP contribution < -0.4 is 24.8 Å². The quantitative estimate of drug-likeness (QED) is 0.122. The summed E-state index contributed by atoms with van der Waals surface area (Å²) in [5, 5.41) is 11.5. The van der Waals surface area contributed by atoms with Gasteiger partial charge in [0, 0.05) is 0 Å². The molecule has 6 heteroatoms. The van der Waals surface area contributed by atoms with Gasteiger partial charge in [-0.3, -0.25) is 0 Å². The molecule has 0 nitrogen and oxygen atoms in total. The minimum atomic E-state index is 0. The molecule has 0 saturated carbocycles. The maximum absolute atomic E-state index is 2.31. The van der Waals surface area contributed by atoms with Crippen molar-refractivity contribution in [3.8, 4) is 0 Å². The molecule has 0 aliphatic heterocycles. The number of hydrogen-bond acceptors (Lipinski definition) is 0. The average Bonchev–Trinajstić information content (AvgIpc) is 3.97. The zero-order chi connectivity index (χ0) is 48.3. The summed E-state index contributed by atoms with van der Waals surface area (Å²) in [6.07, 6.45) is 0. The molecule has 0 fully saturated rings. The van der Waals surface area contributed by atoms with Gasteiger partial charge in [0.25, 0.3) is 0 Å². The van der Waals surface area contributed by atoms with Crippen molar-refractivity contribution in [2.45, 2.75) is 161 Å². The predicted molar refractivity (Wildman–Crippen MR) is 287 cm³/mol. The summed E-state index contributed by atoms with van der Waals surface area (Å²) in [7, 11) is 0. The Morgan fingerprint density at radius 3 is 0.621 bits per heavy atom. The van der Waals surface area contributed by atoms with Crippen LogP contribution in [0, 0.1) is 55.4 Å². The molecule has 0 unspecified atom stereocenters. The Balaban J connectivity index is 0.000000413. The smallest absolute Gasteiger partial charge is 0.0308 e. The number of benzene rings is 4. The first kappa shape index (κ1) is 62.1. The molecule has 0 aliphatic carbocycles. The van der Waals surface area contributed by atoms with Crippen molar-refractivity contribution in [2.75, 3.05) is 0 Å². The molecule has 352 valence electrons. The third-order valence-electron chi connectivity index (χ3n) is 11.6. The molecule has 0 saturated heterocycles. The van der Waals surface area contributed by atoms with Gasteiger partial charge in [-0.2, -0.15) is 24.3 Å². The third kappa shape index (κ3) is 17.8. The van der Waals surface area contributed by atoms with Crippen LogP contribution in [0.3, 0.4) is 0 Å². The molecule has 0 atom stereocenters. The van der Waals surface area contributed by atoms with Crippen LogP contribution in [0.5, 0.6) is 0 Å². The van der Waals surface area contributed by atoms with Gasteiger partial charge < -0.3 is 24.8 Å². The molecule has 0 aliphatic rings. The summed E-state index contributed by atoms with van der Waals surface area (Å²) in [5.41, 5.74) is 17.3.